The molecular weight excluding hydrogens is 184 g/mol. The summed E-state index contributed by atoms with van der Waals surface area (Å²) in [7, 11) is 4.13. The van der Waals surface area contributed by atoms with Crippen molar-refractivity contribution in [3.8, 4) is 0 Å². The van der Waals surface area contributed by atoms with Crippen LogP contribution in [-0.4, -0.2) is 30.6 Å². The van der Waals surface area contributed by atoms with E-state index in [4.69, 9.17) is 4.74 Å². The first-order chi connectivity index (χ1) is 6.10. The molecule has 0 radical (unpaired) electrons. The van der Waals surface area contributed by atoms with E-state index in [0.29, 0.717) is 0 Å². The van der Waals surface area contributed by atoms with Crippen molar-refractivity contribution in [2.75, 3.05) is 20.7 Å². The van der Waals surface area contributed by atoms with Crippen LogP contribution in [0.1, 0.15) is 16.8 Å². The molecule has 1 aliphatic rings. The molecule has 0 amide bonds. The van der Waals surface area contributed by atoms with Crippen LogP contribution < -0.4 is 0 Å². The molecule has 0 bridgehead atoms. The Hall–Kier alpha value is -0.450. The van der Waals surface area contributed by atoms with Crippen molar-refractivity contribution in [1.82, 2.24) is 9.88 Å². The molecule has 0 N–H and O–H groups in total. The Morgan fingerprint density at radius 1 is 1.69 bits per heavy atom. The third-order valence-electron chi connectivity index (χ3n) is 2.06. The highest BCUT2D eigenvalue weighted by Gasteiger charge is 2.44. The van der Waals surface area contributed by atoms with Gasteiger partial charge in [-0.2, -0.15) is 0 Å². The van der Waals surface area contributed by atoms with Gasteiger partial charge in [0.05, 0.1) is 6.61 Å². The summed E-state index contributed by atoms with van der Waals surface area (Å²) in [5.41, 5.74) is -0.0603. The van der Waals surface area contributed by atoms with Gasteiger partial charge in [0, 0.05) is 17.6 Å². The van der Waals surface area contributed by atoms with E-state index in [2.05, 4.69) is 30.9 Å². The Morgan fingerprint density at radius 3 is 2.92 bits per heavy atom. The molecule has 1 saturated heterocycles. The monoisotopic (exact) mass is 198 g/mol. The largest absolute Gasteiger partial charge is 0.362 e. The van der Waals surface area contributed by atoms with Gasteiger partial charge in [0.15, 0.2) is 0 Å². The van der Waals surface area contributed by atoms with Crippen LogP contribution in [0.4, 0.5) is 0 Å². The fraction of sp³-hybridized carbons (Fsp3) is 0.667. The summed E-state index contributed by atoms with van der Waals surface area (Å²) in [6.07, 6.45) is 1.95. The molecule has 0 saturated carbocycles. The van der Waals surface area contributed by atoms with Crippen LogP contribution in [0.25, 0.3) is 0 Å². The molecule has 13 heavy (non-hydrogen) atoms. The fourth-order valence-electron chi connectivity index (χ4n) is 1.17. The summed E-state index contributed by atoms with van der Waals surface area (Å²) >= 11 is 1.75. The minimum absolute atomic E-state index is 0.0603. The van der Waals surface area contributed by atoms with E-state index >= 15 is 0 Å². The zero-order chi connectivity index (χ0) is 9.47. The maximum atomic E-state index is 5.33. The SMILES string of the molecule is CN(C)Cc1cnc(C2(C)CO2)s1. The smallest absolute Gasteiger partial charge is 0.140 e. The van der Waals surface area contributed by atoms with Crippen LogP contribution in [0.2, 0.25) is 0 Å². The number of ether oxygens (including phenoxy) is 1. The van der Waals surface area contributed by atoms with Gasteiger partial charge in [-0.1, -0.05) is 0 Å². The minimum atomic E-state index is -0.0603. The lowest BCUT2D eigenvalue weighted by atomic mass is 10.2. The number of aromatic nitrogens is 1. The lowest BCUT2D eigenvalue weighted by Gasteiger charge is -2.05. The van der Waals surface area contributed by atoms with Gasteiger partial charge < -0.3 is 9.64 Å². The van der Waals surface area contributed by atoms with Crippen molar-refractivity contribution in [2.24, 2.45) is 0 Å². The molecule has 1 aromatic rings. The lowest BCUT2D eigenvalue weighted by molar-refractivity contribution is 0.329. The van der Waals surface area contributed by atoms with E-state index in [1.807, 2.05) is 6.20 Å². The maximum Gasteiger partial charge on any atom is 0.140 e. The van der Waals surface area contributed by atoms with Crippen molar-refractivity contribution < 1.29 is 4.74 Å². The second-order valence-electron chi connectivity index (χ2n) is 3.89. The van der Waals surface area contributed by atoms with Crippen molar-refractivity contribution in [3.05, 3.63) is 16.1 Å². The number of rotatable bonds is 3. The average Bonchev–Trinajstić information content (AvgIpc) is 2.62. The highest BCUT2D eigenvalue weighted by atomic mass is 32.1. The van der Waals surface area contributed by atoms with Gasteiger partial charge >= 0.3 is 0 Å². The maximum absolute atomic E-state index is 5.33. The van der Waals surface area contributed by atoms with Gasteiger partial charge in [-0.05, 0) is 21.0 Å². The molecule has 1 atom stereocenters. The number of hydrogen-bond acceptors (Lipinski definition) is 4. The predicted molar refractivity (Wildman–Crippen MR) is 52.8 cm³/mol. The third-order valence-corrected chi connectivity index (χ3v) is 3.28. The Bertz CT molecular complexity index is 304. The predicted octanol–water partition coefficient (Wildman–Crippen LogP) is 1.45. The molecule has 0 aromatic carbocycles. The summed E-state index contributed by atoms with van der Waals surface area (Å²) in [6, 6.07) is 0. The van der Waals surface area contributed by atoms with Crippen molar-refractivity contribution in [2.45, 2.75) is 19.1 Å². The molecule has 1 unspecified atom stereocenters. The standard InChI is InChI=1S/C9H14N2OS/c1-9(6-12-9)8-10-4-7(13-8)5-11(2)3/h4H,5-6H2,1-3H3. The average molecular weight is 198 g/mol. The van der Waals surface area contributed by atoms with E-state index in [1.165, 1.54) is 4.88 Å². The first kappa shape index (κ1) is 9.12. The van der Waals surface area contributed by atoms with E-state index in [0.717, 1.165) is 18.2 Å². The quantitative estimate of drug-likeness (QED) is 0.688. The molecule has 3 nitrogen and oxygen atoms in total. The number of nitrogens with zero attached hydrogens (tertiary/aromatic N) is 2. The number of thiazole rings is 1. The Labute approximate surface area is 82.3 Å². The van der Waals surface area contributed by atoms with E-state index in [1.54, 1.807) is 11.3 Å². The fourth-order valence-corrected chi connectivity index (χ4v) is 2.28. The molecule has 2 heterocycles. The van der Waals surface area contributed by atoms with Crippen LogP contribution in [0.15, 0.2) is 6.20 Å². The molecule has 1 aliphatic heterocycles. The molecule has 4 heteroatoms. The normalized spacial score (nSPS) is 26.8. The first-order valence-corrected chi connectivity index (χ1v) is 5.16. The number of epoxide rings is 1. The topological polar surface area (TPSA) is 28.7 Å². The van der Waals surface area contributed by atoms with Gasteiger partial charge in [0.2, 0.25) is 0 Å². The van der Waals surface area contributed by atoms with Gasteiger partial charge in [-0.25, -0.2) is 4.98 Å². The van der Waals surface area contributed by atoms with Crippen LogP contribution in [0, 0.1) is 0 Å². The summed E-state index contributed by atoms with van der Waals surface area (Å²) in [6.45, 7) is 3.88. The van der Waals surface area contributed by atoms with Gasteiger partial charge in [0.25, 0.3) is 0 Å². The van der Waals surface area contributed by atoms with Crippen molar-refractivity contribution in [1.29, 1.82) is 0 Å². The second-order valence-corrected chi connectivity index (χ2v) is 5.00. The van der Waals surface area contributed by atoms with E-state index in [-0.39, 0.29) is 5.60 Å². The zero-order valence-electron chi connectivity index (χ0n) is 8.20. The molecule has 0 aliphatic carbocycles. The van der Waals surface area contributed by atoms with Crippen molar-refractivity contribution in [3.63, 3.8) is 0 Å². The lowest BCUT2D eigenvalue weighted by Crippen LogP contribution is -2.09. The van der Waals surface area contributed by atoms with E-state index < -0.39 is 0 Å². The summed E-state index contributed by atoms with van der Waals surface area (Å²) in [5, 5.41) is 1.12. The molecule has 1 fully saturated rings. The highest BCUT2D eigenvalue weighted by Crippen LogP contribution is 2.39. The molecule has 2 rings (SSSR count). The minimum Gasteiger partial charge on any atom is -0.362 e. The van der Waals surface area contributed by atoms with Gasteiger partial charge in [0.1, 0.15) is 10.6 Å². The second kappa shape index (κ2) is 3.04. The molecule has 0 spiro atoms. The first-order valence-electron chi connectivity index (χ1n) is 4.34. The van der Waals surface area contributed by atoms with E-state index in [9.17, 15) is 0 Å². The summed E-state index contributed by atoms with van der Waals surface area (Å²) in [4.78, 5) is 7.82. The Balaban J connectivity index is 2.09. The van der Waals surface area contributed by atoms with Crippen LogP contribution in [0.3, 0.4) is 0 Å². The third kappa shape index (κ3) is 1.90. The van der Waals surface area contributed by atoms with Crippen LogP contribution in [0.5, 0.6) is 0 Å². The number of hydrogen-bond donors (Lipinski definition) is 0. The highest BCUT2D eigenvalue weighted by molar-refractivity contribution is 7.11. The van der Waals surface area contributed by atoms with Gasteiger partial charge in [-0.3, -0.25) is 0 Å². The van der Waals surface area contributed by atoms with Crippen LogP contribution in [-0.2, 0) is 16.9 Å². The molecule has 72 valence electrons. The van der Waals surface area contributed by atoms with Gasteiger partial charge in [-0.15, -0.1) is 11.3 Å². The zero-order valence-corrected chi connectivity index (χ0v) is 9.02. The molecule has 1 aromatic heterocycles. The Morgan fingerprint density at radius 2 is 2.38 bits per heavy atom. The van der Waals surface area contributed by atoms with Crippen molar-refractivity contribution >= 4 is 11.3 Å². The summed E-state index contributed by atoms with van der Waals surface area (Å²) < 4.78 is 5.33. The van der Waals surface area contributed by atoms with Crippen LogP contribution >= 0.6 is 11.3 Å². The molecular formula is C9H14N2OS. The Kier molecular flexibility index (Phi) is 2.14. The summed E-state index contributed by atoms with van der Waals surface area (Å²) in [5.74, 6) is 0.